The number of carboxylic acids is 1. The maximum Gasteiger partial charge on any atom is 0.354 e. The number of amides is 1. The van der Waals surface area contributed by atoms with Crippen molar-refractivity contribution in [3.05, 3.63) is 29.6 Å². The van der Waals surface area contributed by atoms with Gasteiger partial charge in [-0.25, -0.2) is 9.78 Å². The lowest BCUT2D eigenvalue weighted by Gasteiger charge is -2.24. The normalized spacial score (nSPS) is 10.6. The highest BCUT2D eigenvalue weighted by molar-refractivity contribution is 5.94. The number of nitrogens with zero attached hydrogens (tertiary/aromatic N) is 2. The molecule has 6 heteroatoms. The minimum atomic E-state index is -1.11. The zero-order chi connectivity index (χ0) is 15.1. The minimum absolute atomic E-state index is 0.0751. The largest absolute Gasteiger partial charge is 0.477 e. The van der Waals surface area contributed by atoms with Gasteiger partial charge in [0.1, 0.15) is 5.69 Å². The summed E-state index contributed by atoms with van der Waals surface area (Å²) in [4.78, 5) is 28.5. The molecule has 0 aliphatic carbocycles. The first-order valence-electron chi connectivity index (χ1n) is 6.43. The van der Waals surface area contributed by atoms with Crippen LogP contribution in [0.4, 0.5) is 0 Å². The second-order valence-electron chi connectivity index (χ2n) is 4.88. The van der Waals surface area contributed by atoms with E-state index >= 15 is 0 Å². The van der Waals surface area contributed by atoms with Crippen LogP contribution in [-0.2, 0) is 4.74 Å². The number of ether oxygens (including phenoxy) is 1. The number of aromatic carboxylic acids is 1. The van der Waals surface area contributed by atoms with Gasteiger partial charge in [0.15, 0.2) is 0 Å². The van der Waals surface area contributed by atoms with Gasteiger partial charge < -0.3 is 14.7 Å². The third kappa shape index (κ3) is 4.62. The van der Waals surface area contributed by atoms with Crippen LogP contribution in [0.2, 0.25) is 0 Å². The van der Waals surface area contributed by atoms with Crippen molar-refractivity contribution in [2.75, 3.05) is 26.8 Å². The summed E-state index contributed by atoms with van der Waals surface area (Å²) >= 11 is 0. The summed E-state index contributed by atoms with van der Waals surface area (Å²) in [5, 5.41) is 8.78. The van der Waals surface area contributed by atoms with E-state index in [0.717, 1.165) is 0 Å². The molecule has 1 aromatic heterocycles. The summed E-state index contributed by atoms with van der Waals surface area (Å²) in [6.07, 6.45) is 1.30. The molecule has 0 radical (unpaired) electrons. The molecule has 0 atom stereocenters. The summed E-state index contributed by atoms with van der Waals surface area (Å²) < 4.78 is 5.00. The molecule has 1 heterocycles. The van der Waals surface area contributed by atoms with Gasteiger partial charge in [0.2, 0.25) is 0 Å². The van der Waals surface area contributed by atoms with Crippen LogP contribution in [0, 0.1) is 5.92 Å². The molecular weight excluding hydrogens is 260 g/mol. The number of methoxy groups -OCH3 is 1. The van der Waals surface area contributed by atoms with E-state index in [9.17, 15) is 9.59 Å². The average molecular weight is 280 g/mol. The lowest BCUT2D eigenvalue weighted by atomic mass is 10.1. The second kappa shape index (κ2) is 7.59. The van der Waals surface area contributed by atoms with Crippen LogP contribution < -0.4 is 0 Å². The van der Waals surface area contributed by atoms with Crippen molar-refractivity contribution in [1.82, 2.24) is 9.88 Å². The molecule has 0 aliphatic heterocycles. The zero-order valence-electron chi connectivity index (χ0n) is 12.0. The van der Waals surface area contributed by atoms with Gasteiger partial charge in [-0.2, -0.15) is 0 Å². The van der Waals surface area contributed by atoms with Gasteiger partial charge in [-0.15, -0.1) is 0 Å². The third-order valence-electron chi connectivity index (χ3n) is 2.67. The van der Waals surface area contributed by atoms with Gasteiger partial charge in [-0.05, 0) is 18.1 Å². The van der Waals surface area contributed by atoms with Crippen LogP contribution in [0.5, 0.6) is 0 Å². The van der Waals surface area contributed by atoms with Gasteiger partial charge in [-0.3, -0.25) is 4.79 Å². The number of carbonyl (C=O) groups is 2. The fourth-order valence-electron chi connectivity index (χ4n) is 1.75. The molecule has 1 rings (SSSR count). The summed E-state index contributed by atoms with van der Waals surface area (Å²) in [5.74, 6) is -0.940. The van der Waals surface area contributed by atoms with Gasteiger partial charge in [0, 0.05) is 26.4 Å². The number of hydrogen-bond acceptors (Lipinski definition) is 4. The van der Waals surface area contributed by atoms with Crippen molar-refractivity contribution in [3.63, 3.8) is 0 Å². The van der Waals surface area contributed by atoms with Crippen molar-refractivity contribution in [3.8, 4) is 0 Å². The first kappa shape index (κ1) is 16.1. The van der Waals surface area contributed by atoms with Crippen LogP contribution in [0.1, 0.15) is 34.7 Å². The van der Waals surface area contributed by atoms with Gasteiger partial charge in [0.05, 0.1) is 12.2 Å². The molecule has 1 N–H and O–H groups in total. The standard InChI is InChI=1S/C14H20N2O4/c1-10(2)9-16(6-7-20-3)13(17)11-4-5-12(14(18)19)15-8-11/h4-5,8,10H,6-7,9H2,1-3H3,(H,18,19). The monoisotopic (exact) mass is 280 g/mol. The third-order valence-corrected chi connectivity index (χ3v) is 2.67. The highest BCUT2D eigenvalue weighted by Gasteiger charge is 2.17. The Bertz CT molecular complexity index is 457. The summed E-state index contributed by atoms with van der Waals surface area (Å²) in [6.45, 7) is 5.62. The molecular formula is C14H20N2O4. The molecule has 0 spiro atoms. The van der Waals surface area contributed by atoms with Crippen molar-refractivity contribution in [2.24, 2.45) is 5.92 Å². The number of carbonyl (C=O) groups excluding carboxylic acids is 1. The summed E-state index contributed by atoms with van der Waals surface area (Å²) in [6, 6.07) is 2.82. The molecule has 0 aliphatic rings. The predicted molar refractivity (Wildman–Crippen MR) is 73.8 cm³/mol. The maximum absolute atomic E-state index is 12.4. The van der Waals surface area contributed by atoms with Crippen molar-refractivity contribution >= 4 is 11.9 Å². The zero-order valence-corrected chi connectivity index (χ0v) is 12.0. The van der Waals surface area contributed by atoms with E-state index in [0.29, 0.717) is 31.2 Å². The summed E-state index contributed by atoms with van der Waals surface area (Å²) in [7, 11) is 1.58. The predicted octanol–water partition coefficient (Wildman–Crippen LogP) is 1.52. The van der Waals surface area contributed by atoms with Crippen LogP contribution in [0.25, 0.3) is 0 Å². The Labute approximate surface area is 118 Å². The Morgan fingerprint density at radius 2 is 2.10 bits per heavy atom. The van der Waals surface area contributed by atoms with Crippen LogP contribution >= 0.6 is 0 Å². The molecule has 110 valence electrons. The summed E-state index contributed by atoms with van der Waals surface area (Å²) in [5.41, 5.74) is 0.306. The lowest BCUT2D eigenvalue weighted by molar-refractivity contribution is 0.0664. The topological polar surface area (TPSA) is 79.7 Å². The van der Waals surface area contributed by atoms with Gasteiger partial charge >= 0.3 is 5.97 Å². The fraction of sp³-hybridized carbons (Fsp3) is 0.500. The average Bonchev–Trinajstić information content (AvgIpc) is 2.42. The molecule has 0 fully saturated rings. The van der Waals surface area contributed by atoms with E-state index in [-0.39, 0.29) is 11.6 Å². The lowest BCUT2D eigenvalue weighted by Crippen LogP contribution is -2.36. The first-order valence-corrected chi connectivity index (χ1v) is 6.43. The number of carboxylic acid groups (broad SMARTS) is 1. The molecule has 20 heavy (non-hydrogen) atoms. The smallest absolute Gasteiger partial charge is 0.354 e. The SMILES string of the molecule is COCCN(CC(C)C)C(=O)c1ccc(C(=O)O)nc1. The van der Waals surface area contributed by atoms with E-state index in [1.165, 1.54) is 18.3 Å². The molecule has 6 nitrogen and oxygen atoms in total. The van der Waals surface area contributed by atoms with Crippen molar-refractivity contribution in [2.45, 2.75) is 13.8 Å². The molecule has 0 saturated heterocycles. The van der Waals surface area contributed by atoms with Crippen molar-refractivity contribution in [1.29, 1.82) is 0 Å². The Morgan fingerprint density at radius 3 is 2.55 bits per heavy atom. The first-order chi connectivity index (χ1) is 9.45. The van der Waals surface area contributed by atoms with Crippen LogP contribution in [0.3, 0.4) is 0 Å². The molecule has 0 aromatic carbocycles. The van der Waals surface area contributed by atoms with E-state index in [1.54, 1.807) is 12.0 Å². The van der Waals surface area contributed by atoms with Crippen molar-refractivity contribution < 1.29 is 19.4 Å². The van der Waals surface area contributed by atoms with Gasteiger partial charge in [0.25, 0.3) is 5.91 Å². The van der Waals surface area contributed by atoms with E-state index < -0.39 is 5.97 Å². The fourth-order valence-corrected chi connectivity index (χ4v) is 1.75. The number of aromatic nitrogens is 1. The minimum Gasteiger partial charge on any atom is -0.477 e. The number of hydrogen-bond donors (Lipinski definition) is 1. The quantitative estimate of drug-likeness (QED) is 0.819. The molecule has 1 amide bonds. The number of rotatable bonds is 7. The second-order valence-corrected chi connectivity index (χ2v) is 4.88. The molecule has 1 aromatic rings. The molecule has 0 unspecified atom stereocenters. The Balaban J connectivity index is 2.84. The number of pyridine rings is 1. The molecule has 0 saturated carbocycles. The van der Waals surface area contributed by atoms with Gasteiger partial charge in [-0.1, -0.05) is 13.8 Å². The highest BCUT2D eigenvalue weighted by Crippen LogP contribution is 2.08. The Kier molecular flexibility index (Phi) is 6.11. The van der Waals surface area contributed by atoms with Crippen LogP contribution in [0.15, 0.2) is 18.3 Å². The van der Waals surface area contributed by atoms with E-state index in [1.807, 2.05) is 13.8 Å². The van der Waals surface area contributed by atoms with E-state index in [2.05, 4.69) is 4.98 Å². The highest BCUT2D eigenvalue weighted by atomic mass is 16.5. The maximum atomic E-state index is 12.4. The Morgan fingerprint density at radius 1 is 1.40 bits per heavy atom. The van der Waals surface area contributed by atoms with E-state index in [4.69, 9.17) is 9.84 Å². The molecule has 0 bridgehead atoms. The Hall–Kier alpha value is -1.95. The van der Waals surface area contributed by atoms with Crippen LogP contribution in [-0.4, -0.2) is 53.7 Å².